The number of ether oxygens (including phenoxy) is 1. The minimum atomic E-state index is -0.338. The number of amides is 1. The number of hydrogen-bond donors (Lipinski definition) is 2. The van der Waals surface area contributed by atoms with Crippen molar-refractivity contribution in [2.45, 2.75) is 25.8 Å². The predicted molar refractivity (Wildman–Crippen MR) is 89.4 cm³/mol. The third kappa shape index (κ3) is 3.90. The Balaban J connectivity index is 1.82. The molecule has 2 N–H and O–H groups in total. The number of aromatic nitrogens is 2. The fourth-order valence-corrected chi connectivity index (χ4v) is 2.30. The number of nitrogens with zero attached hydrogens (tertiary/aromatic N) is 2. The second-order valence-corrected chi connectivity index (χ2v) is 5.87. The van der Waals surface area contributed by atoms with Gasteiger partial charge in [0, 0.05) is 16.8 Å². The normalized spacial score (nSPS) is 13.5. The van der Waals surface area contributed by atoms with Crippen LogP contribution in [0.5, 0.6) is 5.75 Å². The zero-order valence-electron chi connectivity index (χ0n) is 12.9. The van der Waals surface area contributed by atoms with Gasteiger partial charge in [0.15, 0.2) is 0 Å². The van der Waals surface area contributed by atoms with Gasteiger partial charge < -0.3 is 15.4 Å². The van der Waals surface area contributed by atoms with Crippen molar-refractivity contribution in [3.05, 3.63) is 40.7 Å². The minimum Gasteiger partial charge on any atom is -0.495 e. The molecule has 23 heavy (non-hydrogen) atoms. The van der Waals surface area contributed by atoms with E-state index < -0.39 is 0 Å². The Kier molecular flexibility index (Phi) is 4.34. The van der Waals surface area contributed by atoms with Gasteiger partial charge in [-0.05, 0) is 44.0 Å². The van der Waals surface area contributed by atoms with Crippen molar-refractivity contribution in [3.63, 3.8) is 0 Å². The highest BCUT2D eigenvalue weighted by molar-refractivity contribution is 6.31. The maximum Gasteiger partial charge on any atom is 0.274 e. The van der Waals surface area contributed by atoms with Crippen LogP contribution in [-0.2, 0) is 0 Å². The van der Waals surface area contributed by atoms with Crippen LogP contribution in [0.4, 0.5) is 11.6 Å². The summed E-state index contributed by atoms with van der Waals surface area (Å²) in [5, 5.41) is 6.49. The Morgan fingerprint density at radius 2 is 2.09 bits per heavy atom. The number of carbonyl (C=O) groups is 1. The number of nitrogens with one attached hydrogen (secondary N) is 2. The lowest BCUT2D eigenvalue weighted by atomic mass is 10.2. The van der Waals surface area contributed by atoms with Crippen molar-refractivity contribution in [1.29, 1.82) is 0 Å². The highest BCUT2D eigenvalue weighted by atomic mass is 35.5. The van der Waals surface area contributed by atoms with Gasteiger partial charge in [-0.2, -0.15) is 0 Å². The lowest BCUT2D eigenvalue weighted by molar-refractivity contribution is 0.102. The van der Waals surface area contributed by atoms with Crippen LogP contribution in [0.1, 0.15) is 29.0 Å². The smallest absolute Gasteiger partial charge is 0.274 e. The van der Waals surface area contributed by atoms with Crippen LogP contribution in [0, 0.1) is 6.92 Å². The molecule has 0 saturated heterocycles. The first kappa shape index (κ1) is 15.6. The maximum atomic E-state index is 12.5. The number of aryl methyl sites for hydroxylation is 1. The fraction of sp³-hybridized carbons (Fsp3) is 0.312. The first-order valence-electron chi connectivity index (χ1n) is 7.32. The van der Waals surface area contributed by atoms with Crippen molar-refractivity contribution in [2.24, 2.45) is 0 Å². The topological polar surface area (TPSA) is 76.1 Å². The van der Waals surface area contributed by atoms with E-state index in [1.807, 2.05) is 6.92 Å². The minimum absolute atomic E-state index is 0.294. The van der Waals surface area contributed by atoms with Crippen LogP contribution in [0.15, 0.2) is 24.3 Å². The van der Waals surface area contributed by atoms with E-state index in [1.54, 1.807) is 24.3 Å². The van der Waals surface area contributed by atoms with Gasteiger partial charge in [0.1, 0.15) is 11.4 Å². The Labute approximate surface area is 139 Å². The van der Waals surface area contributed by atoms with Crippen molar-refractivity contribution >= 4 is 29.1 Å². The highest BCUT2D eigenvalue weighted by Gasteiger charge is 2.22. The van der Waals surface area contributed by atoms with Crippen LogP contribution >= 0.6 is 11.6 Å². The molecule has 1 saturated carbocycles. The zero-order valence-corrected chi connectivity index (χ0v) is 13.6. The van der Waals surface area contributed by atoms with Crippen molar-refractivity contribution in [1.82, 2.24) is 9.97 Å². The summed E-state index contributed by atoms with van der Waals surface area (Å²) >= 11 is 5.98. The van der Waals surface area contributed by atoms with E-state index in [0.717, 1.165) is 18.5 Å². The summed E-state index contributed by atoms with van der Waals surface area (Å²) in [4.78, 5) is 21.1. The summed E-state index contributed by atoms with van der Waals surface area (Å²) in [5.41, 5.74) is 1.52. The molecule has 0 bridgehead atoms. The van der Waals surface area contributed by atoms with E-state index in [1.165, 1.54) is 7.11 Å². The summed E-state index contributed by atoms with van der Waals surface area (Å²) in [7, 11) is 1.53. The number of halogens is 1. The number of methoxy groups -OCH3 is 1. The number of benzene rings is 1. The van der Waals surface area contributed by atoms with Crippen LogP contribution < -0.4 is 15.4 Å². The van der Waals surface area contributed by atoms with Crippen molar-refractivity contribution in [3.8, 4) is 5.75 Å². The number of rotatable bonds is 5. The maximum absolute atomic E-state index is 12.5. The largest absolute Gasteiger partial charge is 0.495 e. The van der Waals surface area contributed by atoms with Crippen LogP contribution in [0.2, 0.25) is 5.02 Å². The quantitative estimate of drug-likeness (QED) is 0.878. The average molecular weight is 333 g/mol. The van der Waals surface area contributed by atoms with E-state index in [-0.39, 0.29) is 5.91 Å². The molecule has 7 heteroatoms. The molecule has 6 nitrogen and oxygen atoms in total. The molecule has 0 aliphatic heterocycles. The van der Waals surface area contributed by atoms with E-state index in [4.69, 9.17) is 16.3 Å². The Hall–Kier alpha value is -2.34. The third-order valence-electron chi connectivity index (χ3n) is 3.41. The molecular weight excluding hydrogens is 316 g/mol. The van der Waals surface area contributed by atoms with Gasteiger partial charge in [-0.25, -0.2) is 9.97 Å². The summed E-state index contributed by atoms with van der Waals surface area (Å²) in [6, 6.07) is 7.09. The van der Waals surface area contributed by atoms with Crippen LogP contribution in [0.25, 0.3) is 0 Å². The van der Waals surface area contributed by atoms with E-state index in [9.17, 15) is 4.79 Å². The van der Waals surface area contributed by atoms with Gasteiger partial charge in [-0.1, -0.05) is 11.6 Å². The molecular formula is C16H17ClN4O2. The van der Waals surface area contributed by atoms with E-state index in [0.29, 0.717) is 34.1 Å². The molecule has 3 rings (SSSR count). The third-order valence-corrected chi connectivity index (χ3v) is 3.64. The predicted octanol–water partition coefficient (Wildman–Crippen LogP) is 3.27. The second kappa shape index (κ2) is 6.42. The first-order chi connectivity index (χ1) is 11.0. The van der Waals surface area contributed by atoms with Gasteiger partial charge in [0.05, 0.1) is 12.8 Å². The molecule has 1 fully saturated rings. The lowest BCUT2D eigenvalue weighted by Gasteiger charge is -2.11. The summed E-state index contributed by atoms with van der Waals surface area (Å²) in [6.07, 6.45) is 2.22. The molecule has 0 atom stereocenters. The Morgan fingerprint density at radius 3 is 2.78 bits per heavy atom. The van der Waals surface area contributed by atoms with Gasteiger partial charge >= 0.3 is 0 Å². The van der Waals surface area contributed by atoms with Gasteiger partial charge in [-0.15, -0.1) is 0 Å². The number of hydrogen-bond acceptors (Lipinski definition) is 5. The van der Waals surface area contributed by atoms with Gasteiger partial charge in [0.25, 0.3) is 5.91 Å². The number of carbonyl (C=O) groups excluding carboxylic acids is 1. The molecule has 1 aromatic carbocycles. The SMILES string of the molecule is COc1ccc(Cl)cc1NC(=O)c1cc(C)nc(NC2CC2)n1. The summed E-state index contributed by atoms with van der Waals surface area (Å²) < 4.78 is 5.23. The molecule has 0 radical (unpaired) electrons. The molecule has 0 spiro atoms. The summed E-state index contributed by atoms with van der Waals surface area (Å²) in [6.45, 7) is 1.83. The Bertz CT molecular complexity index is 747. The van der Waals surface area contributed by atoms with Gasteiger partial charge in [0.2, 0.25) is 5.95 Å². The van der Waals surface area contributed by atoms with E-state index >= 15 is 0 Å². The van der Waals surface area contributed by atoms with Crippen molar-refractivity contribution < 1.29 is 9.53 Å². The van der Waals surface area contributed by atoms with Crippen molar-refractivity contribution in [2.75, 3.05) is 17.7 Å². The molecule has 1 aliphatic rings. The second-order valence-electron chi connectivity index (χ2n) is 5.44. The standard InChI is InChI=1S/C16H17ClN4O2/c1-9-7-13(21-16(18-9)19-11-4-5-11)15(22)20-12-8-10(17)3-6-14(12)23-2/h3,6-8,11H,4-5H2,1-2H3,(H,20,22)(H,18,19,21). The molecule has 0 unspecified atom stereocenters. The monoisotopic (exact) mass is 332 g/mol. The Morgan fingerprint density at radius 1 is 1.30 bits per heavy atom. The highest BCUT2D eigenvalue weighted by Crippen LogP contribution is 2.28. The molecule has 1 aromatic heterocycles. The molecule has 1 heterocycles. The number of anilines is 2. The van der Waals surface area contributed by atoms with E-state index in [2.05, 4.69) is 20.6 Å². The van der Waals surface area contributed by atoms with Crippen LogP contribution in [0.3, 0.4) is 0 Å². The molecule has 1 aliphatic carbocycles. The molecule has 120 valence electrons. The molecule has 1 amide bonds. The molecule has 2 aromatic rings. The van der Waals surface area contributed by atoms with Crippen LogP contribution in [-0.4, -0.2) is 29.0 Å². The first-order valence-corrected chi connectivity index (χ1v) is 7.70. The average Bonchev–Trinajstić information content (AvgIpc) is 3.31. The zero-order chi connectivity index (χ0) is 16.4. The summed E-state index contributed by atoms with van der Waals surface area (Å²) in [5.74, 6) is 0.676. The lowest BCUT2D eigenvalue weighted by Crippen LogP contribution is -2.17. The van der Waals surface area contributed by atoms with Gasteiger partial charge in [-0.3, -0.25) is 4.79 Å². The fourth-order valence-electron chi connectivity index (χ4n) is 2.12.